The number of hydrogen-bond donors (Lipinski definition) is 1. The van der Waals surface area contributed by atoms with Crippen molar-refractivity contribution in [1.82, 2.24) is 4.98 Å². The standard InChI is InChI=1S/C13H7ClN2O2S/c14-11-5-10(3-1-8(11)6-15)19-12-4-2-9(7-16-12)13(17)18/h1-5,7H,(H,17,18). The number of rotatable bonds is 3. The number of hydrogen-bond acceptors (Lipinski definition) is 4. The fraction of sp³-hybridized carbons (Fsp3) is 0. The number of nitriles is 1. The summed E-state index contributed by atoms with van der Waals surface area (Å²) in [5.41, 5.74) is 0.558. The van der Waals surface area contributed by atoms with Crippen LogP contribution in [0.5, 0.6) is 0 Å². The lowest BCUT2D eigenvalue weighted by Crippen LogP contribution is -1.96. The van der Waals surface area contributed by atoms with E-state index in [9.17, 15) is 4.79 Å². The van der Waals surface area contributed by atoms with Crippen molar-refractivity contribution < 1.29 is 9.90 Å². The Hall–Kier alpha value is -2.03. The van der Waals surface area contributed by atoms with Crippen molar-refractivity contribution >= 4 is 29.3 Å². The topological polar surface area (TPSA) is 74.0 Å². The van der Waals surface area contributed by atoms with Crippen LogP contribution >= 0.6 is 23.4 Å². The van der Waals surface area contributed by atoms with Crippen molar-refractivity contribution in [3.63, 3.8) is 0 Å². The number of carbonyl (C=O) groups is 1. The Morgan fingerprint density at radius 3 is 2.68 bits per heavy atom. The van der Waals surface area contributed by atoms with Crippen molar-refractivity contribution in [2.75, 3.05) is 0 Å². The maximum Gasteiger partial charge on any atom is 0.337 e. The molecule has 0 aliphatic heterocycles. The fourth-order valence-corrected chi connectivity index (χ4v) is 2.42. The Balaban J connectivity index is 2.19. The van der Waals surface area contributed by atoms with Gasteiger partial charge in [-0.3, -0.25) is 0 Å². The van der Waals surface area contributed by atoms with E-state index in [1.54, 1.807) is 24.3 Å². The van der Waals surface area contributed by atoms with Gasteiger partial charge in [0.05, 0.1) is 16.1 Å². The molecule has 1 heterocycles. The number of carboxylic acids is 1. The molecular formula is C13H7ClN2O2S. The molecule has 0 atom stereocenters. The van der Waals surface area contributed by atoms with Gasteiger partial charge in [-0.05, 0) is 30.3 Å². The molecule has 94 valence electrons. The third-order valence-electron chi connectivity index (χ3n) is 2.27. The average molecular weight is 291 g/mol. The lowest BCUT2D eigenvalue weighted by atomic mass is 10.2. The van der Waals surface area contributed by atoms with Gasteiger partial charge in [0, 0.05) is 11.1 Å². The van der Waals surface area contributed by atoms with E-state index in [1.807, 2.05) is 6.07 Å². The molecule has 0 amide bonds. The zero-order valence-corrected chi connectivity index (χ0v) is 11.1. The van der Waals surface area contributed by atoms with Crippen LogP contribution in [-0.2, 0) is 0 Å². The molecule has 4 nitrogen and oxygen atoms in total. The minimum atomic E-state index is -1.01. The molecule has 19 heavy (non-hydrogen) atoms. The molecule has 1 aromatic carbocycles. The molecular weight excluding hydrogens is 284 g/mol. The van der Waals surface area contributed by atoms with E-state index in [0.717, 1.165) is 4.90 Å². The van der Waals surface area contributed by atoms with Gasteiger partial charge in [0.1, 0.15) is 11.1 Å². The van der Waals surface area contributed by atoms with Crippen LogP contribution in [0, 0.1) is 11.3 Å². The van der Waals surface area contributed by atoms with Crippen molar-refractivity contribution in [2.24, 2.45) is 0 Å². The second-order valence-corrected chi connectivity index (χ2v) is 5.05. The SMILES string of the molecule is N#Cc1ccc(Sc2ccc(C(=O)O)cn2)cc1Cl. The van der Waals surface area contributed by atoms with Crippen LogP contribution < -0.4 is 0 Å². The molecule has 0 fully saturated rings. The highest BCUT2D eigenvalue weighted by atomic mass is 35.5. The summed E-state index contributed by atoms with van der Waals surface area (Å²) in [6, 6.07) is 10.2. The zero-order chi connectivity index (χ0) is 13.8. The van der Waals surface area contributed by atoms with Gasteiger partial charge >= 0.3 is 5.97 Å². The fourth-order valence-electron chi connectivity index (χ4n) is 1.34. The highest BCUT2D eigenvalue weighted by molar-refractivity contribution is 7.99. The minimum Gasteiger partial charge on any atom is -0.478 e. The summed E-state index contributed by atoms with van der Waals surface area (Å²) in [5, 5.41) is 18.6. The van der Waals surface area contributed by atoms with Crippen molar-refractivity contribution in [3.05, 3.63) is 52.7 Å². The molecule has 0 aliphatic rings. The highest BCUT2D eigenvalue weighted by Gasteiger charge is 2.06. The van der Waals surface area contributed by atoms with Gasteiger partial charge in [-0.15, -0.1) is 0 Å². The van der Waals surface area contributed by atoms with Crippen LogP contribution in [0.4, 0.5) is 0 Å². The quantitative estimate of drug-likeness (QED) is 0.937. The number of aromatic carboxylic acids is 1. The van der Waals surface area contributed by atoms with Crippen LogP contribution in [-0.4, -0.2) is 16.1 Å². The second kappa shape index (κ2) is 5.74. The van der Waals surface area contributed by atoms with E-state index in [4.69, 9.17) is 22.0 Å². The number of nitrogens with zero attached hydrogens (tertiary/aromatic N) is 2. The number of carboxylic acid groups (broad SMARTS) is 1. The summed E-state index contributed by atoms with van der Waals surface area (Å²) < 4.78 is 0. The molecule has 0 aliphatic carbocycles. The molecule has 0 saturated carbocycles. The highest BCUT2D eigenvalue weighted by Crippen LogP contribution is 2.29. The minimum absolute atomic E-state index is 0.141. The molecule has 0 unspecified atom stereocenters. The van der Waals surface area contributed by atoms with Gasteiger partial charge in [0.25, 0.3) is 0 Å². The first-order chi connectivity index (χ1) is 9.10. The molecule has 1 N–H and O–H groups in total. The third-order valence-corrected chi connectivity index (χ3v) is 3.52. The molecule has 0 radical (unpaired) electrons. The van der Waals surface area contributed by atoms with Gasteiger partial charge in [-0.2, -0.15) is 5.26 Å². The van der Waals surface area contributed by atoms with Crippen LogP contribution in [0.15, 0.2) is 46.5 Å². The molecule has 1 aromatic heterocycles. The number of pyridine rings is 1. The van der Waals surface area contributed by atoms with Gasteiger partial charge < -0.3 is 5.11 Å². The van der Waals surface area contributed by atoms with Crippen molar-refractivity contribution in [3.8, 4) is 6.07 Å². The number of aromatic nitrogens is 1. The maximum absolute atomic E-state index is 10.7. The summed E-state index contributed by atoms with van der Waals surface area (Å²) in [7, 11) is 0. The zero-order valence-electron chi connectivity index (χ0n) is 9.50. The maximum atomic E-state index is 10.7. The first-order valence-corrected chi connectivity index (χ1v) is 6.36. The van der Waals surface area contributed by atoms with Gasteiger partial charge in [-0.25, -0.2) is 9.78 Å². The molecule has 6 heteroatoms. The van der Waals surface area contributed by atoms with Crippen molar-refractivity contribution in [1.29, 1.82) is 5.26 Å². The van der Waals surface area contributed by atoms with E-state index in [2.05, 4.69) is 4.98 Å². The van der Waals surface area contributed by atoms with E-state index < -0.39 is 5.97 Å². The van der Waals surface area contributed by atoms with Gasteiger partial charge in [0.15, 0.2) is 0 Å². The van der Waals surface area contributed by atoms with Gasteiger partial charge in [-0.1, -0.05) is 23.4 Å². The van der Waals surface area contributed by atoms with Crippen LogP contribution in [0.3, 0.4) is 0 Å². The first-order valence-electron chi connectivity index (χ1n) is 5.17. The number of benzene rings is 1. The lowest BCUT2D eigenvalue weighted by molar-refractivity contribution is 0.0696. The Bertz CT molecular complexity index is 665. The van der Waals surface area contributed by atoms with E-state index in [1.165, 1.54) is 24.0 Å². The molecule has 0 saturated heterocycles. The summed E-state index contributed by atoms with van der Waals surface area (Å²) in [6.07, 6.45) is 1.30. The first kappa shape index (κ1) is 13.4. The molecule has 2 rings (SSSR count). The summed E-state index contributed by atoms with van der Waals surface area (Å²) >= 11 is 7.27. The largest absolute Gasteiger partial charge is 0.478 e. The van der Waals surface area contributed by atoms with Crippen LogP contribution in [0.1, 0.15) is 15.9 Å². The molecule has 0 spiro atoms. The van der Waals surface area contributed by atoms with Crippen LogP contribution in [0.2, 0.25) is 5.02 Å². The summed E-state index contributed by atoms with van der Waals surface area (Å²) in [4.78, 5) is 15.6. The third kappa shape index (κ3) is 3.25. The summed E-state index contributed by atoms with van der Waals surface area (Å²) in [6.45, 7) is 0. The molecule has 0 bridgehead atoms. The predicted octanol–water partition coefficient (Wildman–Crippen LogP) is 3.46. The Kier molecular flexibility index (Phi) is 4.05. The monoisotopic (exact) mass is 290 g/mol. The molecule has 2 aromatic rings. The van der Waals surface area contributed by atoms with Crippen molar-refractivity contribution in [2.45, 2.75) is 9.92 Å². The lowest BCUT2D eigenvalue weighted by Gasteiger charge is -2.02. The normalized spacial score (nSPS) is 9.89. The number of halogens is 1. The van der Waals surface area contributed by atoms with E-state index in [0.29, 0.717) is 15.6 Å². The Morgan fingerprint density at radius 1 is 1.37 bits per heavy atom. The summed E-state index contributed by atoms with van der Waals surface area (Å²) in [5.74, 6) is -1.01. The van der Waals surface area contributed by atoms with Gasteiger partial charge in [0.2, 0.25) is 0 Å². The Morgan fingerprint density at radius 2 is 2.16 bits per heavy atom. The van der Waals surface area contributed by atoms with E-state index >= 15 is 0 Å². The average Bonchev–Trinajstić information content (AvgIpc) is 2.39. The second-order valence-electron chi connectivity index (χ2n) is 3.55. The van der Waals surface area contributed by atoms with E-state index in [-0.39, 0.29) is 5.56 Å². The predicted molar refractivity (Wildman–Crippen MR) is 71.5 cm³/mol. The smallest absolute Gasteiger partial charge is 0.337 e. The van der Waals surface area contributed by atoms with Crippen LogP contribution in [0.25, 0.3) is 0 Å². The Labute approximate surface area is 118 Å².